The topological polar surface area (TPSA) is 317 Å². The number of aliphatic hydroxyl groups is 2. The maximum absolute atomic E-state index is 12.9. The minimum Gasteiger partial charge on any atom is -0.480 e. The number of hydrogen-bond acceptors (Lipinski definition) is 13. The number of nitrogens with two attached hydrogens (primary N) is 1. The lowest BCUT2D eigenvalue weighted by Crippen LogP contribution is -2.44. The van der Waals surface area contributed by atoms with E-state index in [0.717, 1.165) is 10.8 Å². The molecule has 0 aromatic carbocycles. The predicted molar refractivity (Wildman–Crippen MR) is 116 cm³/mol. The molecule has 3 unspecified atom stereocenters. The summed E-state index contributed by atoms with van der Waals surface area (Å²) in [6, 6.07) is -1.39. The first-order chi connectivity index (χ1) is 16.7. The van der Waals surface area contributed by atoms with E-state index >= 15 is 0 Å². The van der Waals surface area contributed by atoms with Crippen LogP contribution >= 0.6 is 23.5 Å². The number of rotatable bonds is 12. The summed E-state index contributed by atoms with van der Waals surface area (Å²) >= 11 is 0. The summed E-state index contributed by atoms with van der Waals surface area (Å²) in [5, 5.41) is 29.5. The molecule has 23 heteroatoms. The van der Waals surface area contributed by atoms with E-state index in [-0.39, 0.29) is 12.0 Å². The zero-order valence-electron chi connectivity index (χ0n) is 18.6. The molecule has 1 aromatic rings. The number of carboxylic acid groups (broad SMARTS) is 1. The molecule has 0 bridgehead atoms. The second-order valence-corrected chi connectivity index (χ2v) is 12.1. The minimum atomic E-state index is -5.80. The normalized spacial score (nSPS) is 26.4. The van der Waals surface area contributed by atoms with Crippen molar-refractivity contribution in [1.82, 2.24) is 9.13 Å². The molecule has 0 amide bonds. The van der Waals surface area contributed by atoms with Crippen molar-refractivity contribution in [3.63, 3.8) is 0 Å². The van der Waals surface area contributed by atoms with Crippen molar-refractivity contribution in [1.29, 1.82) is 0 Å². The maximum atomic E-state index is 12.9. The molecule has 1 fully saturated rings. The van der Waals surface area contributed by atoms with E-state index in [1.54, 1.807) is 0 Å². The van der Waals surface area contributed by atoms with Crippen molar-refractivity contribution in [3.8, 4) is 0 Å². The highest BCUT2D eigenvalue weighted by atomic mass is 31.3. The Morgan fingerprint density at radius 2 is 1.70 bits per heavy atom. The van der Waals surface area contributed by atoms with Crippen LogP contribution in [-0.4, -0.2) is 81.0 Å². The molecule has 0 spiro atoms. The van der Waals surface area contributed by atoms with Gasteiger partial charge in [0.25, 0.3) is 5.56 Å². The molecule has 1 saturated heterocycles. The lowest BCUT2D eigenvalue weighted by molar-refractivity contribution is -0.138. The molecule has 212 valence electrons. The molecule has 37 heavy (non-hydrogen) atoms. The van der Waals surface area contributed by atoms with Gasteiger partial charge in [0.05, 0.1) is 12.2 Å². The van der Waals surface area contributed by atoms with Gasteiger partial charge in [0.1, 0.15) is 30.5 Å². The smallest absolute Gasteiger partial charge is 0.480 e. The molecule has 1 aliphatic rings. The van der Waals surface area contributed by atoms with Crippen LogP contribution in [0.25, 0.3) is 0 Å². The first-order valence-corrected chi connectivity index (χ1v) is 14.4. The number of aryl methyl sites for hydroxylation is 1. The van der Waals surface area contributed by atoms with E-state index in [2.05, 4.69) is 13.1 Å². The minimum absolute atomic E-state index is 0.312. The van der Waals surface area contributed by atoms with Crippen LogP contribution in [-0.2, 0) is 50.0 Å². The number of nitrogens with zero attached hydrogens (tertiary/aromatic N) is 2. The maximum Gasteiger partial charge on any atom is 0.490 e. The van der Waals surface area contributed by atoms with Crippen molar-refractivity contribution < 1.29 is 71.3 Å². The quantitative estimate of drug-likeness (QED) is 0.110. The number of hydrogen-bond donors (Lipinski definition) is 8. The van der Waals surface area contributed by atoms with Gasteiger partial charge in [0.2, 0.25) is 0 Å². The Hall–Kier alpha value is -1.60. The van der Waals surface area contributed by atoms with Crippen LogP contribution in [0.5, 0.6) is 0 Å². The Kier molecular flexibility index (Phi) is 9.95. The van der Waals surface area contributed by atoms with Gasteiger partial charge < -0.3 is 49.9 Å². The molecule has 9 N–H and O–H groups in total. The second-order valence-electron chi connectivity index (χ2n) is 7.63. The monoisotopic (exact) mass is 599 g/mol. The summed E-state index contributed by atoms with van der Waals surface area (Å²) in [6.45, 7) is -1.54. The summed E-state index contributed by atoms with van der Waals surface area (Å²) in [6.07, 6.45) is -6.40. The first kappa shape index (κ1) is 31.6. The van der Waals surface area contributed by atoms with Crippen LogP contribution in [0, 0.1) is 0 Å². The van der Waals surface area contributed by atoms with E-state index in [1.807, 2.05) is 0 Å². The highest BCUT2D eigenvalue weighted by Crippen LogP contribution is 2.66. The van der Waals surface area contributed by atoms with Crippen LogP contribution in [0.1, 0.15) is 18.1 Å². The first-order valence-electron chi connectivity index (χ1n) is 9.83. The van der Waals surface area contributed by atoms with Gasteiger partial charge in [-0.1, -0.05) is 0 Å². The zero-order chi connectivity index (χ0) is 28.5. The van der Waals surface area contributed by atoms with Gasteiger partial charge in [-0.3, -0.25) is 18.7 Å². The molecular weight excluding hydrogens is 575 g/mol. The summed E-state index contributed by atoms with van der Waals surface area (Å²) in [5.74, 6) is -1.38. The second kappa shape index (κ2) is 11.6. The Balaban J connectivity index is 2.21. The third kappa shape index (κ3) is 8.44. The van der Waals surface area contributed by atoms with Gasteiger partial charge in [-0.15, -0.1) is 0 Å². The van der Waals surface area contributed by atoms with Crippen LogP contribution in [0.2, 0.25) is 0 Å². The molecule has 1 aliphatic heterocycles. The summed E-state index contributed by atoms with van der Waals surface area (Å²) < 4.78 is 52.2. The number of carbonyl (C=O) groups is 1. The molecule has 2 heterocycles. The third-order valence-electron chi connectivity index (χ3n) is 4.83. The lowest BCUT2D eigenvalue weighted by atomic mass is 10.0. The van der Waals surface area contributed by atoms with E-state index in [1.165, 1.54) is 7.05 Å². The van der Waals surface area contributed by atoms with Crippen molar-refractivity contribution in [3.05, 3.63) is 32.6 Å². The SMILES string of the molecule is Cn1cc([C@@H]2O[C@H](COP(=O)(O)OP(=O)(O)OP(=O)(O)O)[C@@H](O)[C@H]2O)c(=O)n(CCC(N)C(=O)O)c1=O. The number of aromatic nitrogens is 2. The standard InChI is InChI=1S/C14H24N3O17P3/c1-16-4-6(12(20)17(14(16)23)3-2-7(15)13(21)22)11-10(19)9(18)8(32-11)5-31-36(27,28)34-37(29,30)33-35(24,25)26/h4,7-11,18-19H,2-3,5,15H2,1H3,(H,21,22)(H,27,28)(H,29,30)(H2,24,25,26)/t7?,8-,9-,10-,11+/m1/s1. The Morgan fingerprint density at radius 3 is 2.24 bits per heavy atom. The molecule has 2 rings (SSSR count). The van der Waals surface area contributed by atoms with Crippen molar-refractivity contribution in [2.45, 2.75) is 43.4 Å². The van der Waals surface area contributed by atoms with Gasteiger partial charge >= 0.3 is 35.1 Å². The molecule has 0 aliphatic carbocycles. The van der Waals surface area contributed by atoms with Crippen LogP contribution in [0.15, 0.2) is 15.8 Å². The Morgan fingerprint density at radius 1 is 1.11 bits per heavy atom. The number of aliphatic hydroxyl groups excluding tert-OH is 2. The molecule has 7 atom stereocenters. The summed E-state index contributed by atoms with van der Waals surface area (Å²) in [5.41, 5.74) is 3.13. The van der Waals surface area contributed by atoms with Gasteiger partial charge in [0, 0.05) is 19.8 Å². The van der Waals surface area contributed by atoms with Crippen LogP contribution in [0.4, 0.5) is 0 Å². The van der Waals surface area contributed by atoms with E-state index in [9.17, 15) is 43.2 Å². The predicted octanol–water partition coefficient (Wildman–Crippen LogP) is -3.15. The summed E-state index contributed by atoms with van der Waals surface area (Å²) in [7, 11) is -15.8. The highest BCUT2D eigenvalue weighted by molar-refractivity contribution is 7.66. The average Bonchev–Trinajstić information content (AvgIpc) is 3.00. The van der Waals surface area contributed by atoms with Crippen molar-refractivity contribution in [2.75, 3.05) is 6.61 Å². The molecule has 0 saturated carbocycles. The third-order valence-corrected chi connectivity index (χ3v) is 8.63. The van der Waals surface area contributed by atoms with E-state index in [4.69, 9.17) is 30.3 Å². The molecule has 1 aromatic heterocycles. The van der Waals surface area contributed by atoms with Gasteiger partial charge in [-0.25, -0.2) is 18.5 Å². The number of phosphoric ester groups is 1. The average molecular weight is 599 g/mol. The van der Waals surface area contributed by atoms with Gasteiger partial charge in [0.15, 0.2) is 0 Å². The summed E-state index contributed by atoms with van der Waals surface area (Å²) in [4.78, 5) is 71.9. The van der Waals surface area contributed by atoms with E-state index < -0.39 is 84.3 Å². The zero-order valence-corrected chi connectivity index (χ0v) is 21.3. The molecule has 0 radical (unpaired) electrons. The fraction of sp³-hybridized carbons (Fsp3) is 0.643. The van der Waals surface area contributed by atoms with Gasteiger partial charge in [-0.2, -0.15) is 8.62 Å². The highest BCUT2D eigenvalue weighted by Gasteiger charge is 2.47. The lowest BCUT2D eigenvalue weighted by Gasteiger charge is -2.19. The van der Waals surface area contributed by atoms with Crippen LogP contribution in [0.3, 0.4) is 0 Å². The number of ether oxygens (including phenoxy) is 1. The van der Waals surface area contributed by atoms with Gasteiger partial charge in [-0.05, 0) is 6.42 Å². The molecule has 20 nitrogen and oxygen atoms in total. The Bertz CT molecular complexity index is 1270. The van der Waals surface area contributed by atoms with Crippen molar-refractivity contribution >= 4 is 29.4 Å². The Labute approximate surface area is 205 Å². The molecular formula is C14H24N3O17P3. The fourth-order valence-corrected chi connectivity index (χ4v) is 6.18. The number of phosphoric acid groups is 3. The number of carboxylic acids is 1. The largest absolute Gasteiger partial charge is 0.490 e. The van der Waals surface area contributed by atoms with Crippen LogP contribution < -0.4 is 17.0 Å². The van der Waals surface area contributed by atoms with E-state index in [0.29, 0.717) is 4.57 Å². The number of aliphatic carboxylic acids is 1. The van der Waals surface area contributed by atoms with Crippen molar-refractivity contribution in [2.24, 2.45) is 12.8 Å². The fourth-order valence-electron chi connectivity index (χ4n) is 3.15.